The SMILES string of the molecule is O=C(/C=C/c1cccc2c1OCO2)c1ccc(N2CCCC2=O)cc1. The van der Waals surface area contributed by atoms with Gasteiger partial charge in [-0.3, -0.25) is 9.59 Å². The van der Waals surface area contributed by atoms with Gasteiger partial charge < -0.3 is 14.4 Å². The van der Waals surface area contributed by atoms with Gasteiger partial charge in [0.1, 0.15) is 0 Å². The van der Waals surface area contributed by atoms with Crippen molar-refractivity contribution < 1.29 is 19.1 Å². The molecular weight excluding hydrogens is 318 g/mol. The highest BCUT2D eigenvalue weighted by Gasteiger charge is 2.21. The van der Waals surface area contributed by atoms with Crippen LogP contribution < -0.4 is 14.4 Å². The van der Waals surface area contributed by atoms with Gasteiger partial charge in [-0.1, -0.05) is 12.1 Å². The average Bonchev–Trinajstić information content (AvgIpc) is 3.28. The first-order valence-electron chi connectivity index (χ1n) is 8.24. The molecule has 25 heavy (non-hydrogen) atoms. The quantitative estimate of drug-likeness (QED) is 0.634. The van der Waals surface area contributed by atoms with Crippen LogP contribution in [-0.2, 0) is 4.79 Å². The van der Waals surface area contributed by atoms with Gasteiger partial charge >= 0.3 is 0 Å². The van der Waals surface area contributed by atoms with Crippen LogP contribution >= 0.6 is 0 Å². The fourth-order valence-electron chi connectivity index (χ4n) is 3.07. The van der Waals surface area contributed by atoms with Crippen LogP contribution in [0.15, 0.2) is 48.5 Å². The molecule has 0 bridgehead atoms. The Bertz CT molecular complexity index is 854. The van der Waals surface area contributed by atoms with E-state index in [0.29, 0.717) is 23.5 Å². The number of benzene rings is 2. The number of rotatable bonds is 4. The van der Waals surface area contributed by atoms with Gasteiger partial charge in [-0.25, -0.2) is 0 Å². The lowest BCUT2D eigenvalue weighted by molar-refractivity contribution is -0.117. The van der Waals surface area contributed by atoms with E-state index >= 15 is 0 Å². The van der Waals surface area contributed by atoms with Gasteiger partial charge in [0.25, 0.3) is 0 Å². The van der Waals surface area contributed by atoms with Gasteiger partial charge in [-0.15, -0.1) is 0 Å². The summed E-state index contributed by atoms with van der Waals surface area (Å²) in [4.78, 5) is 25.9. The number of nitrogens with zero attached hydrogens (tertiary/aromatic N) is 1. The molecule has 5 heteroatoms. The molecule has 2 aliphatic rings. The van der Waals surface area contributed by atoms with Crippen LogP contribution in [0, 0.1) is 0 Å². The summed E-state index contributed by atoms with van der Waals surface area (Å²) in [6.45, 7) is 0.942. The van der Waals surface area contributed by atoms with Crippen molar-refractivity contribution in [1.29, 1.82) is 0 Å². The Balaban J connectivity index is 1.50. The number of carbonyl (C=O) groups excluding carboxylic acids is 2. The van der Waals surface area contributed by atoms with Crippen LogP contribution in [0.4, 0.5) is 5.69 Å². The van der Waals surface area contributed by atoms with E-state index in [-0.39, 0.29) is 18.5 Å². The Hall–Kier alpha value is -3.08. The molecule has 0 saturated carbocycles. The van der Waals surface area contributed by atoms with Crippen molar-refractivity contribution in [3.05, 3.63) is 59.7 Å². The van der Waals surface area contributed by atoms with E-state index in [4.69, 9.17) is 9.47 Å². The summed E-state index contributed by atoms with van der Waals surface area (Å²) >= 11 is 0. The molecule has 1 amide bonds. The molecule has 2 aliphatic heterocycles. The fraction of sp³-hybridized carbons (Fsp3) is 0.200. The van der Waals surface area contributed by atoms with Crippen molar-refractivity contribution >= 4 is 23.5 Å². The Morgan fingerprint density at radius 2 is 1.92 bits per heavy atom. The highest BCUT2D eigenvalue weighted by Crippen LogP contribution is 2.36. The Morgan fingerprint density at radius 1 is 1.08 bits per heavy atom. The zero-order valence-corrected chi connectivity index (χ0v) is 13.6. The first-order chi connectivity index (χ1) is 12.2. The molecule has 0 N–H and O–H groups in total. The van der Waals surface area contributed by atoms with Crippen LogP contribution in [0.5, 0.6) is 11.5 Å². The molecule has 4 rings (SSSR count). The van der Waals surface area contributed by atoms with Crippen molar-refractivity contribution in [3.8, 4) is 11.5 Å². The lowest BCUT2D eigenvalue weighted by atomic mass is 10.1. The minimum absolute atomic E-state index is 0.101. The summed E-state index contributed by atoms with van der Waals surface area (Å²) in [7, 11) is 0. The summed E-state index contributed by atoms with van der Waals surface area (Å²) < 4.78 is 10.8. The minimum Gasteiger partial charge on any atom is -0.454 e. The van der Waals surface area contributed by atoms with Crippen LogP contribution in [0.25, 0.3) is 6.08 Å². The largest absolute Gasteiger partial charge is 0.454 e. The number of hydrogen-bond acceptors (Lipinski definition) is 4. The van der Waals surface area contributed by atoms with Crippen LogP contribution in [0.1, 0.15) is 28.8 Å². The second-order valence-electron chi connectivity index (χ2n) is 5.97. The monoisotopic (exact) mass is 335 g/mol. The second kappa shape index (κ2) is 6.43. The fourth-order valence-corrected chi connectivity index (χ4v) is 3.07. The van der Waals surface area contributed by atoms with Gasteiger partial charge in [-0.05, 0) is 48.9 Å². The van der Waals surface area contributed by atoms with Crippen LogP contribution in [0.3, 0.4) is 0 Å². The third-order valence-electron chi connectivity index (χ3n) is 4.38. The van der Waals surface area contributed by atoms with E-state index in [0.717, 1.165) is 24.2 Å². The molecule has 2 aromatic carbocycles. The maximum atomic E-state index is 12.4. The van der Waals surface area contributed by atoms with E-state index in [2.05, 4.69) is 0 Å². The number of para-hydroxylation sites is 1. The molecule has 0 aliphatic carbocycles. The summed E-state index contributed by atoms with van der Waals surface area (Å²) in [6.07, 6.45) is 4.73. The summed E-state index contributed by atoms with van der Waals surface area (Å²) in [5.41, 5.74) is 2.23. The van der Waals surface area contributed by atoms with Crippen LogP contribution in [-0.4, -0.2) is 25.0 Å². The number of fused-ring (bicyclic) bond motifs is 1. The molecule has 0 radical (unpaired) electrons. The smallest absolute Gasteiger partial charge is 0.231 e. The van der Waals surface area contributed by atoms with Crippen molar-refractivity contribution in [2.24, 2.45) is 0 Å². The lowest BCUT2D eigenvalue weighted by Gasteiger charge is -2.15. The predicted octanol–water partition coefficient (Wildman–Crippen LogP) is 3.44. The number of amides is 1. The number of hydrogen-bond donors (Lipinski definition) is 0. The lowest BCUT2D eigenvalue weighted by Crippen LogP contribution is -2.23. The second-order valence-corrected chi connectivity index (χ2v) is 5.97. The summed E-state index contributed by atoms with van der Waals surface area (Å²) in [6, 6.07) is 12.7. The molecule has 0 aromatic heterocycles. The number of ether oxygens (including phenoxy) is 2. The number of allylic oxidation sites excluding steroid dienone is 1. The molecule has 2 heterocycles. The molecule has 1 saturated heterocycles. The molecule has 0 unspecified atom stereocenters. The molecule has 5 nitrogen and oxygen atoms in total. The summed E-state index contributed by atoms with van der Waals surface area (Å²) in [5.74, 6) is 1.39. The Kier molecular flexibility index (Phi) is 3.98. The maximum absolute atomic E-state index is 12.4. The van der Waals surface area contributed by atoms with E-state index in [1.165, 1.54) is 6.08 Å². The van der Waals surface area contributed by atoms with E-state index in [1.807, 2.05) is 30.3 Å². The van der Waals surface area contributed by atoms with Crippen LogP contribution in [0.2, 0.25) is 0 Å². The maximum Gasteiger partial charge on any atom is 0.231 e. The van der Waals surface area contributed by atoms with E-state index in [9.17, 15) is 9.59 Å². The zero-order valence-electron chi connectivity index (χ0n) is 13.6. The van der Waals surface area contributed by atoms with Gasteiger partial charge in [0, 0.05) is 29.8 Å². The third-order valence-corrected chi connectivity index (χ3v) is 4.38. The van der Waals surface area contributed by atoms with Gasteiger partial charge in [-0.2, -0.15) is 0 Å². The van der Waals surface area contributed by atoms with Crippen molar-refractivity contribution in [2.45, 2.75) is 12.8 Å². The molecule has 0 spiro atoms. The highest BCUT2D eigenvalue weighted by atomic mass is 16.7. The average molecular weight is 335 g/mol. The van der Waals surface area contributed by atoms with Crippen molar-refractivity contribution in [2.75, 3.05) is 18.2 Å². The molecule has 2 aromatic rings. The Labute approximate surface area is 145 Å². The number of anilines is 1. The standard InChI is InChI=1S/C20H17NO4/c22-17(11-8-15-3-1-4-18-20(15)25-13-24-18)14-6-9-16(10-7-14)21-12-2-5-19(21)23/h1,3-4,6-11H,2,5,12-13H2/b11-8+. The van der Waals surface area contributed by atoms with E-state index in [1.54, 1.807) is 23.1 Å². The highest BCUT2D eigenvalue weighted by molar-refractivity contribution is 6.07. The summed E-state index contributed by atoms with van der Waals surface area (Å²) in [5, 5.41) is 0. The molecular formula is C20H17NO4. The molecule has 1 fully saturated rings. The molecule has 126 valence electrons. The van der Waals surface area contributed by atoms with Crippen molar-refractivity contribution in [3.63, 3.8) is 0 Å². The van der Waals surface area contributed by atoms with Crippen molar-refractivity contribution in [1.82, 2.24) is 0 Å². The Morgan fingerprint density at radius 3 is 2.68 bits per heavy atom. The number of carbonyl (C=O) groups is 2. The first kappa shape index (κ1) is 15.4. The predicted molar refractivity (Wildman–Crippen MR) is 94.0 cm³/mol. The normalized spacial score (nSPS) is 16.0. The van der Waals surface area contributed by atoms with Gasteiger partial charge in [0.15, 0.2) is 17.3 Å². The minimum atomic E-state index is -0.101. The van der Waals surface area contributed by atoms with Gasteiger partial charge in [0.2, 0.25) is 12.7 Å². The molecule has 0 atom stereocenters. The van der Waals surface area contributed by atoms with Gasteiger partial charge in [0.05, 0.1) is 0 Å². The van der Waals surface area contributed by atoms with E-state index < -0.39 is 0 Å². The zero-order chi connectivity index (χ0) is 17.2. The number of ketones is 1. The third kappa shape index (κ3) is 3.01. The topological polar surface area (TPSA) is 55.8 Å². The first-order valence-corrected chi connectivity index (χ1v) is 8.24.